The monoisotopic (exact) mass is 327 g/mol. The van der Waals surface area contributed by atoms with Gasteiger partial charge in [-0.1, -0.05) is 0 Å². The van der Waals surface area contributed by atoms with Gasteiger partial charge in [0.05, 0.1) is 3.57 Å². The van der Waals surface area contributed by atoms with Gasteiger partial charge in [0.25, 0.3) is 0 Å². The van der Waals surface area contributed by atoms with Crippen LogP contribution in [-0.4, -0.2) is 24.6 Å². The molecule has 1 heterocycles. The summed E-state index contributed by atoms with van der Waals surface area (Å²) in [4.78, 5) is 7.85. The molecule has 5 nitrogen and oxygen atoms in total. The standard InChI is InChI=1S/C7H10IN3O2S/c1-4(14(2,12)13)7-10-3-5(8)6(9)11-7/h3-4H,1-2H3,(H2,9,10,11). The summed E-state index contributed by atoms with van der Waals surface area (Å²) in [7, 11) is -3.17. The summed E-state index contributed by atoms with van der Waals surface area (Å²) in [5, 5.41) is -0.721. The van der Waals surface area contributed by atoms with Crippen molar-refractivity contribution in [3.8, 4) is 0 Å². The quantitative estimate of drug-likeness (QED) is 0.811. The maximum atomic E-state index is 11.2. The molecule has 0 saturated heterocycles. The third kappa shape index (κ3) is 2.53. The Morgan fingerprint density at radius 2 is 2.14 bits per heavy atom. The molecule has 78 valence electrons. The summed E-state index contributed by atoms with van der Waals surface area (Å²) >= 11 is 1.99. The fraction of sp³-hybridized carbons (Fsp3) is 0.429. The average Bonchev–Trinajstić information content (AvgIpc) is 2.07. The lowest BCUT2D eigenvalue weighted by molar-refractivity contribution is 0.589. The first-order valence-corrected chi connectivity index (χ1v) is 6.82. The second kappa shape index (κ2) is 3.97. The van der Waals surface area contributed by atoms with Gasteiger partial charge in [0.15, 0.2) is 9.84 Å². The second-order valence-electron chi connectivity index (χ2n) is 2.93. The zero-order chi connectivity index (χ0) is 10.9. The Labute approximate surface area is 96.2 Å². The lowest BCUT2D eigenvalue weighted by atomic mass is 10.4. The Bertz CT molecular complexity index is 446. The van der Waals surface area contributed by atoms with Crippen LogP contribution in [0.25, 0.3) is 0 Å². The topological polar surface area (TPSA) is 85.9 Å². The highest BCUT2D eigenvalue weighted by Crippen LogP contribution is 2.19. The molecule has 0 radical (unpaired) electrons. The van der Waals surface area contributed by atoms with Gasteiger partial charge < -0.3 is 5.73 Å². The molecule has 0 aliphatic heterocycles. The van der Waals surface area contributed by atoms with Gasteiger partial charge in [0, 0.05) is 12.5 Å². The first kappa shape index (κ1) is 11.6. The number of rotatable bonds is 2. The van der Waals surface area contributed by atoms with E-state index in [2.05, 4.69) is 9.97 Å². The number of nitrogens with zero attached hydrogens (tertiary/aromatic N) is 2. The molecule has 0 aromatic carbocycles. The Balaban J connectivity index is 3.16. The van der Waals surface area contributed by atoms with Gasteiger partial charge in [-0.15, -0.1) is 0 Å². The van der Waals surface area contributed by atoms with E-state index < -0.39 is 15.1 Å². The molecule has 1 aromatic heterocycles. The third-order valence-electron chi connectivity index (χ3n) is 1.80. The van der Waals surface area contributed by atoms with Crippen LogP contribution in [0.15, 0.2) is 6.20 Å². The van der Waals surface area contributed by atoms with E-state index in [1.54, 1.807) is 0 Å². The largest absolute Gasteiger partial charge is 0.383 e. The van der Waals surface area contributed by atoms with Gasteiger partial charge in [-0.05, 0) is 29.5 Å². The van der Waals surface area contributed by atoms with Crippen molar-refractivity contribution in [1.82, 2.24) is 9.97 Å². The molecule has 0 aliphatic carbocycles. The molecular weight excluding hydrogens is 317 g/mol. The smallest absolute Gasteiger partial charge is 0.157 e. The van der Waals surface area contributed by atoms with E-state index in [-0.39, 0.29) is 5.82 Å². The van der Waals surface area contributed by atoms with E-state index >= 15 is 0 Å². The van der Waals surface area contributed by atoms with Crippen LogP contribution in [0.2, 0.25) is 0 Å². The van der Waals surface area contributed by atoms with E-state index in [1.807, 2.05) is 22.6 Å². The van der Waals surface area contributed by atoms with Crippen LogP contribution in [0.4, 0.5) is 5.82 Å². The molecule has 1 aromatic rings. The van der Waals surface area contributed by atoms with Gasteiger partial charge in [-0.2, -0.15) is 0 Å². The Kier molecular flexibility index (Phi) is 3.30. The van der Waals surface area contributed by atoms with Crippen molar-refractivity contribution in [3.05, 3.63) is 15.6 Å². The summed E-state index contributed by atoms with van der Waals surface area (Å²) in [5.41, 5.74) is 5.55. The minimum absolute atomic E-state index is 0.241. The molecule has 1 atom stereocenters. The molecule has 7 heteroatoms. The molecular formula is C7H10IN3O2S. The maximum Gasteiger partial charge on any atom is 0.157 e. The van der Waals surface area contributed by atoms with Crippen LogP contribution < -0.4 is 5.73 Å². The van der Waals surface area contributed by atoms with Crippen molar-refractivity contribution >= 4 is 38.2 Å². The Morgan fingerprint density at radius 1 is 1.57 bits per heavy atom. The van der Waals surface area contributed by atoms with Crippen molar-refractivity contribution in [2.75, 3.05) is 12.0 Å². The fourth-order valence-electron chi connectivity index (χ4n) is 0.782. The molecule has 2 N–H and O–H groups in total. The molecule has 0 saturated carbocycles. The van der Waals surface area contributed by atoms with Crippen molar-refractivity contribution in [1.29, 1.82) is 0 Å². The van der Waals surface area contributed by atoms with Gasteiger partial charge in [0.2, 0.25) is 0 Å². The molecule has 0 fully saturated rings. The predicted molar refractivity (Wildman–Crippen MR) is 62.4 cm³/mol. The highest BCUT2D eigenvalue weighted by atomic mass is 127. The third-order valence-corrected chi connectivity index (χ3v) is 4.12. The highest BCUT2D eigenvalue weighted by molar-refractivity contribution is 14.1. The van der Waals surface area contributed by atoms with Crippen molar-refractivity contribution < 1.29 is 8.42 Å². The summed E-state index contributed by atoms with van der Waals surface area (Å²) in [6.07, 6.45) is 2.66. The number of hydrogen-bond donors (Lipinski definition) is 1. The number of halogens is 1. The zero-order valence-corrected chi connectivity index (χ0v) is 10.7. The van der Waals surface area contributed by atoms with Crippen LogP contribution >= 0.6 is 22.6 Å². The normalized spacial score (nSPS) is 13.9. The van der Waals surface area contributed by atoms with E-state index in [0.717, 1.165) is 6.26 Å². The van der Waals surface area contributed by atoms with E-state index in [1.165, 1.54) is 13.1 Å². The van der Waals surface area contributed by atoms with Gasteiger partial charge >= 0.3 is 0 Å². The number of nitrogens with two attached hydrogens (primary N) is 1. The number of anilines is 1. The van der Waals surface area contributed by atoms with Gasteiger partial charge in [0.1, 0.15) is 16.9 Å². The molecule has 0 bridgehead atoms. The Hall–Kier alpha value is -0.440. The van der Waals surface area contributed by atoms with Crippen LogP contribution in [0.3, 0.4) is 0 Å². The van der Waals surface area contributed by atoms with Crippen molar-refractivity contribution in [2.24, 2.45) is 0 Å². The van der Waals surface area contributed by atoms with E-state index in [9.17, 15) is 8.42 Å². The number of aromatic nitrogens is 2. The van der Waals surface area contributed by atoms with Gasteiger partial charge in [-0.3, -0.25) is 0 Å². The fourth-order valence-corrected chi connectivity index (χ4v) is 1.54. The molecule has 14 heavy (non-hydrogen) atoms. The summed E-state index contributed by atoms with van der Waals surface area (Å²) in [6.45, 7) is 1.54. The van der Waals surface area contributed by atoms with Crippen molar-refractivity contribution in [3.63, 3.8) is 0 Å². The summed E-state index contributed by atoms with van der Waals surface area (Å²) < 4.78 is 23.1. The number of sulfone groups is 1. The second-order valence-corrected chi connectivity index (χ2v) is 6.46. The molecule has 1 unspecified atom stereocenters. The zero-order valence-electron chi connectivity index (χ0n) is 7.73. The molecule has 1 rings (SSSR count). The lowest BCUT2D eigenvalue weighted by Crippen LogP contribution is -2.12. The van der Waals surface area contributed by atoms with E-state index in [4.69, 9.17) is 5.73 Å². The van der Waals surface area contributed by atoms with Gasteiger partial charge in [-0.25, -0.2) is 18.4 Å². The maximum absolute atomic E-state index is 11.2. The molecule has 0 amide bonds. The van der Waals surface area contributed by atoms with E-state index in [0.29, 0.717) is 9.39 Å². The van der Waals surface area contributed by atoms with Crippen LogP contribution in [-0.2, 0) is 9.84 Å². The van der Waals surface area contributed by atoms with Crippen molar-refractivity contribution in [2.45, 2.75) is 12.2 Å². The first-order chi connectivity index (χ1) is 6.32. The number of nitrogen functional groups attached to an aromatic ring is 1. The first-order valence-electron chi connectivity index (χ1n) is 3.79. The Morgan fingerprint density at radius 3 is 2.57 bits per heavy atom. The van der Waals surface area contributed by atoms with Crippen LogP contribution in [0.5, 0.6) is 0 Å². The van der Waals surface area contributed by atoms with Crippen LogP contribution in [0.1, 0.15) is 18.0 Å². The summed E-state index contributed by atoms with van der Waals surface area (Å²) in [6, 6.07) is 0. The van der Waals surface area contributed by atoms with Crippen LogP contribution in [0, 0.1) is 3.57 Å². The highest BCUT2D eigenvalue weighted by Gasteiger charge is 2.20. The summed E-state index contributed by atoms with van der Waals surface area (Å²) in [5.74, 6) is 0.552. The predicted octanol–water partition coefficient (Wildman–Crippen LogP) is 0.769. The molecule has 0 aliphatic rings. The minimum atomic E-state index is -3.17. The lowest BCUT2D eigenvalue weighted by Gasteiger charge is -2.08. The number of hydrogen-bond acceptors (Lipinski definition) is 5. The minimum Gasteiger partial charge on any atom is -0.383 e. The molecule has 0 spiro atoms. The SMILES string of the molecule is CC(c1ncc(I)c(N)n1)S(C)(=O)=O. The average molecular weight is 327 g/mol.